The third-order valence-electron chi connectivity index (χ3n) is 2.05. The van der Waals surface area contributed by atoms with E-state index in [0.717, 1.165) is 18.4 Å². The van der Waals surface area contributed by atoms with Gasteiger partial charge < -0.3 is 10.5 Å². The molecule has 1 amide bonds. The summed E-state index contributed by atoms with van der Waals surface area (Å²) in [6, 6.07) is 0.188. The predicted molar refractivity (Wildman–Crippen MR) is 64.6 cm³/mol. The lowest BCUT2D eigenvalue weighted by Crippen LogP contribution is -2.42. The van der Waals surface area contributed by atoms with Gasteiger partial charge in [0.05, 0.1) is 13.2 Å². The molecule has 9 heteroatoms. The zero-order valence-electron chi connectivity index (χ0n) is 9.67. The summed E-state index contributed by atoms with van der Waals surface area (Å²) in [6.07, 6.45) is 0. The lowest BCUT2D eigenvalue weighted by atomic mass is 10.4. The number of ether oxygens (including phenoxy) is 1. The molecule has 0 aromatic carbocycles. The lowest BCUT2D eigenvalue weighted by molar-refractivity contribution is -0.119. The number of primary amides is 1. The van der Waals surface area contributed by atoms with Crippen LogP contribution in [0.4, 0.5) is 0 Å². The Morgan fingerprint density at radius 3 is 2.61 bits per heavy atom. The minimum Gasteiger partial charge on any atom is -0.465 e. The fourth-order valence-electron chi connectivity index (χ4n) is 1.10. The van der Waals surface area contributed by atoms with Crippen molar-refractivity contribution in [3.8, 4) is 0 Å². The molecular weight excluding hydrogens is 280 g/mol. The van der Waals surface area contributed by atoms with Gasteiger partial charge in [-0.1, -0.05) is 0 Å². The van der Waals surface area contributed by atoms with Crippen LogP contribution in [0.25, 0.3) is 0 Å². The summed E-state index contributed by atoms with van der Waals surface area (Å²) in [4.78, 5) is 21.9. The van der Waals surface area contributed by atoms with Crippen LogP contribution in [0.5, 0.6) is 0 Å². The topological polar surface area (TPSA) is 116 Å². The molecule has 1 aromatic rings. The molecule has 0 aliphatic heterocycles. The molecule has 1 heterocycles. The Bertz CT molecular complexity index is 563. The number of nitrogens with one attached hydrogen (secondary N) is 1. The number of carbonyl (C=O) groups excluding carboxylic acids is 2. The Labute approximate surface area is 108 Å². The highest BCUT2D eigenvalue weighted by atomic mass is 32.2. The zero-order valence-corrected chi connectivity index (χ0v) is 11.3. The van der Waals surface area contributed by atoms with Gasteiger partial charge in [-0.2, -0.15) is 4.72 Å². The molecule has 0 spiro atoms. The summed E-state index contributed by atoms with van der Waals surface area (Å²) < 4.78 is 30.4. The van der Waals surface area contributed by atoms with Crippen LogP contribution in [-0.2, 0) is 19.6 Å². The number of rotatable bonds is 5. The summed E-state index contributed by atoms with van der Waals surface area (Å²) in [5, 5.41) is 1.44. The van der Waals surface area contributed by atoms with Gasteiger partial charge in [0, 0.05) is 0 Å². The summed E-state index contributed by atoms with van der Waals surface area (Å²) >= 11 is 0.935. The van der Waals surface area contributed by atoms with Crippen molar-refractivity contribution in [1.29, 1.82) is 0 Å². The Morgan fingerprint density at radius 1 is 1.50 bits per heavy atom. The Kier molecular flexibility index (Phi) is 4.43. The van der Waals surface area contributed by atoms with E-state index in [9.17, 15) is 18.0 Å². The van der Waals surface area contributed by atoms with Crippen LogP contribution in [0.2, 0.25) is 0 Å². The molecule has 1 aromatic heterocycles. The van der Waals surface area contributed by atoms with Crippen LogP contribution in [0.3, 0.4) is 0 Å². The van der Waals surface area contributed by atoms with E-state index in [1.165, 1.54) is 18.4 Å². The van der Waals surface area contributed by atoms with E-state index in [1.807, 2.05) is 0 Å². The van der Waals surface area contributed by atoms with Gasteiger partial charge in [-0.15, -0.1) is 11.3 Å². The number of methoxy groups -OCH3 is 1. The maximum Gasteiger partial charge on any atom is 0.349 e. The molecule has 0 aliphatic carbocycles. The molecule has 0 saturated heterocycles. The number of hydrogen-bond donors (Lipinski definition) is 2. The van der Waals surface area contributed by atoms with Gasteiger partial charge in [0.1, 0.15) is 9.77 Å². The molecule has 1 unspecified atom stereocenters. The van der Waals surface area contributed by atoms with E-state index in [0.29, 0.717) is 0 Å². The third-order valence-corrected chi connectivity index (χ3v) is 4.65. The van der Waals surface area contributed by atoms with Gasteiger partial charge >= 0.3 is 5.97 Å². The molecule has 7 nitrogen and oxygen atoms in total. The van der Waals surface area contributed by atoms with E-state index in [-0.39, 0.29) is 9.77 Å². The normalized spacial score (nSPS) is 13.0. The van der Waals surface area contributed by atoms with Gasteiger partial charge in [-0.3, -0.25) is 4.79 Å². The van der Waals surface area contributed by atoms with E-state index in [1.54, 1.807) is 0 Å². The van der Waals surface area contributed by atoms with Crippen molar-refractivity contribution in [2.75, 3.05) is 7.11 Å². The average molecular weight is 292 g/mol. The van der Waals surface area contributed by atoms with Crippen molar-refractivity contribution in [3.05, 3.63) is 16.3 Å². The van der Waals surface area contributed by atoms with Crippen molar-refractivity contribution < 1.29 is 22.7 Å². The van der Waals surface area contributed by atoms with Crippen molar-refractivity contribution >= 4 is 33.2 Å². The summed E-state index contributed by atoms with van der Waals surface area (Å²) in [7, 11) is -2.84. The summed E-state index contributed by atoms with van der Waals surface area (Å²) in [6.45, 7) is 1.31. The highest BCUT2D eigenvalue weighted by molar-refractivity contribution is 7.89. The smallest absolute Gasteiger partial charge is 0.349 e. The van der Waals surface area contributed by atoms with Crippen LogP contribution in [0.1, 0.15) is 16.6 Å². The first kappa shape index (κ1) is 14.6. The second-order valence-corrected chi connectivity index (χ2v) is 5.95. The van der Waals surface area contributed by atoms with E-state index >= 15 is 0 Å². The highest BCUT2D eigenvalue weighted by Gasteiger charge is 2.27. The average Bonchev–Trinajstić information content (AvgIpc) is 2.76. The standard InChI is InChI=1S/C9H12N2O5S2/c1-5(8(10)12)11-18(14,15)6-3-4-17-7(6)9(13)16-2/h3-5,11H,1-2H3,(H2,10,12). The molecule has 0 aliphatic rings. The highest BCUT2D eigenvalue weighted by Crippen LogP contribution is 2.22. The number of nitrogens with two attached hydrogens (primary N) is 1. The summed E-state index contributed by atoms with van der Waals surface area (Å²) in [5.41, 5.74) is 4.97. The second-order valence-electron chi connectivity index (χ2n) is 3.35. The first-order valence-electron chi connectivity index (χ1n) is 4.77. The van der Waals surface area contributed by atoms with Crippen LogP contribution in [-0.4, -0.2) is 33.4 Å². The van der Waals surface area contributed by atoms with Crippen LogP contribution in [0, 0.1) is 0 Å². The minimum atomic E-state index is -3.99. The van der Waals surface area contributed by atoms with Crippen LogP contribution in [0.15, 0.2) is 16.3 Å². The van der Waals surface area contributed by atoms with Gasteiger partial charge in [-0.25, -0.2) is 13.2 Å². The number of sulfonamides is 1. The molecule has 100 valence electrons. The monoisotopic (exact) mass is 292 g/mol. The Balaban J connectivity index is 3.10. The Morgan fingerprint density at radius 2 is 2.11 bits per heavy atom. The van der Waals surface area contributed by atoms with Crippen molar-refractivity contribution in [2.45, 2.75) is 17.9 Å². The largest absolute Gasteiger partial charge is 0.465 e. The number of hydrogen-bond acceptors (Lipinski definition) is 6. The van der Waals surface area contributed by atoms with E-state index in [2.05, 4.69) is 9.46 Å². The lowest BCUT2D eigenvalue weighted by Gasteiger charge is -2.10. The molecule has 0 saturated carbocycles. The first-order chi connectivity index (χ1) is 8.29. The number of carbonyl (C=O) groups is 2. The van der Waals surface area contributed by atoms with Crippen LogP contribution >= 0.6 is 11.3 Å². The van der Waals surface area contributed by atoms with Gasteiger partial charge in [0.15, 0.2) is 0 Å². The molecule has 18 heavy (non-hydrogen) atoms. The molecule has 0 radical (unpaired) electrons. The van der Waals surface area contributed by atoms with Gasteiger partial charge in [0.25, 0.3) is 0 Å². The van der Waals surface area contributed by atoms with Crippen molar-refractivity contribution in [3.63, 3.8) is 0 Å². The minimum absolute atomic E-state index is 0.0540. The SMILES string of the molecule is COC(=O)c1sccc1S(=O)(=O)NC(C)C(N)=O. The fraction of sp³-hybridized carbons (Fsp3) is 0.333. The van der Waals surface area contributed by atoms with Gasteiger partial charge in [0.2, 0.25) is 15.9 Å². The van der Waals surface area contributed by atoms with Crippen molar-refractivity contribution in [2.24, 2.45) is 5.73 Å². The number of thiophene rings is 1. The van der Waals surface area contributed by atoms with Crippen LogP contribution < -0.4 is 10.5 Å². The Hall–Kier alpha value is -1.45. The predicted octanol–water partition coefficient (Wildman–Crippen LogP) is -0.313. The molecule has 0 bridgehead atoms. The molecule has 0 fully saturated rings. The fourth-order valence-corrected chi connectivity index (χ4v) is 3.65. The maximum absolute atomic E-state index is 11.9. The molecule has 3 N–H and O–H groups in total. The number of amides is 1. The van der Waals surface area contributed by atoms with E-state index < -0.39 is 27.9 Å². The number of esters is 1. The summed E-state index contributed by atoms with van der Waals surface area (Å²) in [5.74, 6) is -1.56. The second kappa shape index (κ2) is 5.46. The van der Waals surface area contributed by atoms with Crippen molar-refractivity contribution in [1.82, 2.24) is 4.72 Å². The molecular formula is C9H12N2O5S2. The van der Waals surface area contributed by atoms with E-state index in [4.69, 9.17) is 5.73 Å². The third kappa shape index (κ3) is 3.06. The zero-order chi connectivity index (χ0) is 13.9. The molecule has 1 atom stereocenters. The van der Waals surface area contributed by atoms with Gasteiger partial charge in [-0.05, 0) is 18.4 Å². The first-order valence-corrected chi connectivity index (χ1v) is 7.13. The maximum atomic E-state index is 11.9. The quantitative estimate of drug-likeness (QED) is 0.722. The molecule has 1 rings (SSSR count).